The lowest BCUT2D eigenvalue weighted by Gasteiger charge is -2.34. The molecule has 2 amide bonds. The van der Waals surface area contributed by atoms with Crippen LogP contribution in [0.3, 0.4) is 0 Å². The summed E-state index contributed by atoms with van der Waals surface area (Å²) in [6, 6.07) is 2.86. The topological polar surface area (TPSA) is 73.5 Å². The lowest BCUT2D eigenvalue weighted by molar-refractivity contribution is -0.127. The molecule has 2 rings (SSSR count). The van der Waals surface area contributed by atoms with Crippen LogP contribution in [0.1, 0.15) is 38.1 Å². The Labute approximate surface area is 142 Å². The van der Waals surface area contributed by atoms with Crippen LogP contribution in [0.5, 0.6) is 0 Å². The number of rotatable bonds is 2. The third-order valence-corrected chi connectivity index (χ3v) is 4.43. The Hall–Kier alpha value is -2.37. The molecule has 1 fully saturated rings. The number of aromatic amines is 1. The fourth-order valence-electron chi connectivity index (χ4n) is 2.35. The van der Waals surface area contributed by atoms with Crippen LogP contribution in [0.15, 0.2) is 34.8 Å². The van der Waals surface area contributed by atoms with Gasteiger partial charge in [0.1, 0.15) is 0 Å². The van der Waals surface area contributed by atoms with Crippen molar-refractivity contribution in [1.29, 1.82) is 0 Å². The molecule has 1 aliphatic rings. The van der Waals surface area contributed by atoms with Crippen LogP contribution < -0.4 is 5.56 Å². The van der Waals surface area contributed by atoms with E-state index in [1.54, 1.807) is 15.9 Å². The molecule has 0 saturated carbocycles. The first-order valence-corrected chi connectivity index (χ1v) is 8.14. The molecule has 1 N–H and O–H groups in total. The number of H-pyrrole nitrogens is 1. The van der Waals surface area contributed by atoms with Crippen LogP contribution in [0.4, 0.5) is 0 Å². The summed E-state index contributed by atoms with van der Waals surface area (Å²) in [6.07, 6.45) is 3.12. The van der Waals surface area contributed by atoms with Crippen LogP contribution in [0.2, 0.25) is 0 Å². The molecular weight excluding hydrogens is 306 g/mol. The molecule has 1 aliphatic heterocycles. The highest BCUT2D eigenvalue weighted by Gasteiger charge is 2.25. The van der Waals surface area contributed by atoms with Crippen LogP contribution in [0, 0.1) is 5.41 Å². The van der Waals surface area contributed by atoms with Crippen molar-refractivity contribution in [2.24, 2.45) is 5.41 Å². The van der Waals surface area contributed by atoms with E-state index < -0.39 is 0 Å². The molecule has 0 unspecified atom stereocenters. The minimum Gasteiger partial charge on any atom is -0.336 e. The van der Waals surface area contributed by atoms with Crippen LogP contribution >= 0.6 is 0 Å². The van der Waals surface area contributed by atoms with E-state index >= 15 is 0 Å². The van der Waals surface area contributed by atoms with E-state index in [-0.39, 0.29) is 22.8 Å². The molecule has 6 heteroatoms. The summed E-state index contributed by atoms with van der Waals surface area (Å²) in [5.74, 6) is -0.127. The molecule has 0 bridgehead atoms. The first kappa shape index (κ1) is 18.0. The van der Waals surface area contributed by atoms with Crippen molar-refractivity contribution in [1.82, 2.24) is 14.8 Å². The Balaban J connectivity index is 1.96. The first-order chi connectivity index (χ1) is 11.2. The van der Waals surface area contributed by atoms with Gasteiger partial charge in [0.25, 0.3) is 5.91 Å². The van der Waals surface area contributed by atoms with Gasteiger partial charge >= 0.3 is 0 Å². The monoisotopic (exact) mass is 331 g/mol. The summed E-state index contributed by atoms with van der Waals surface area (Å²) >= 11 is 0. The van der Waals surface area contributed by atoms with Crippen molar-refractivity contribution in [3.05, 3.63) is 45.9 Å². The zero-order valence-corrected chi connectivity index (χ0v) is 14.8. The third-order valence-electron chi connectivity index (χ3n) is 4.43. The maximum Gasteiger partial charge on any atom is 0.255 e. The molecule has 24 heavy (non-hydrogen) atoms. The summed E-state index contributed by atoms with van der Waals surface area (Å²) in [6.45, 7) is 10.2. The summed E-state index contributed by atoms with van der Waals surface area (Å²) < 4.78 is 0. The lowest BCUT2D eigenvalue weighted by atomic mass is 9.87. The number of nitrogens with one attached hydrogen (secondary N) is 1. The van der Waals surface area contributed by atoms with Gasteiger partial charge in [-0.3, -0.25) is 14.4 Å². The molecule has 0 radical (unpaired) electrons. The molecule has 0 aliphatic carbocycles. The van der Waals surface area contributed by atoms with E-state index in [1.807, 2.05) is 6.92 Å². The quantitative estimate of drug-likeness (QED) is 0.838. The van der Waals surface area contributed by atoms with Crippen LogP contribution in [0.25, 0.3) is 0 Å². The van der Waals surface area contributed by atoms with Gasteiger partial charge in [-0.25, -0.2) is 0 Å². The molecule has 6 nitrogen and oxygen atoms in total. The largest absolute Gasteiger partial charge is 0.336 e. The van der Waals surface area contributed by atoms with Gasteiger partial charge in [0.15, 0.2) is 0 Å². The van der Waals surface area contributed by atoms with E-state index in [2.05, 4.69) is 25.8 Å². The smallest absolute Gasteiger partial charge is 0.255 e. The Kier molecular flexibility index (Phi) is 5.26. The van der Waals surface area contributed by atoms with Crippen molar-refractivity contribution in [2.45, 2.75) is 27.7 Å². The van der Waals surface area contributed by atoms with Crippen molar-refractivity contribution < 1.29 is 9.59 Å². The number of nitrogens with zero attached hydrogens (tertiary/aromatic N) is 2. The summed E-state index contributed by atoms with van der Waals surface area (Å²) in [5, 5.41) is 0. The standard InChI is InChI=1S/C18H25N3O3/c1-13(18(2,3)4)11-16(23)20-7-9-21(10-8-20)17(24)14-5-6-15(22)19-12-14/h5-6,11-12H,7-10H2,1-4H3,(H,19,22). The number of hydrogen-bond donors (Lipinski definition) is 1. The fraction of sp³-hybridized carbons (Fsp3) is 0.500. The number of carbonyl (C=O) groups is 2. The van der Waals surface area contributed by atoms with E-state index in [0.717, 1.165) is 5.57 Å². The zero-order valence-electron chi connectivity index (χ0n) is 14.8. The van der Waals surface area contributed by atoms with Gasteiger partial charge in [-0.15, -0.1) is 0 Å². The van der Waals surface area contributed by atoms with Crippen LogP contribution in [-0.2, 0) is 4.79 Å². The fourth-order valence-corrected chi connectivity index (χ4v) is 2.35. The number of carbonyl (C=O) groups excluding carboxylic acids is 2. The zero-order chi connectivity index (χ0) is 17.9. The van der Waals surface area contributed by atoms with Gasteiger partial charge in [-0.05, 0) is 18.4 Å². The average Bonchev–Trinajstić information content (AvgIpc) is 2.54. The summed E-state index contributed by atoms with van der Waals surface area (Å²) in [5.41, 5.74) is 1.23. The predicted octanol–water partition coefficient (Wildman–Crippen LogP) is 1.65. The highest BCUT2D eigenvalue weighted by atomic mass is 16.2. The Morgan fingerprint density at radius 3 is 2.17 bits per heavy atom. The van der Waals surface area contributed by atoms with Gasteiger partial charge in [0.2, 0.25) is 11.5 Å². The molecule has 130 valence electrons. The third kappa shape index (κ3) is 4.34. The van der Waals surface area contributed by atoms with Crippen molar-refractivity contribution in [2.75, 3.05) is 26.2 Å². The molecule has 0 atom stereocenters. The molecule has 1 saturated heterocycles. The Morgan fingerprint density at radius 2 is 1.67 bits per heavy atom. The molecular formula is C18H25N3O3. The number of allylic oxidation sites excluding steroid dienone is 1. The highest BCUT2D eigenvalue weighted by molar-refractivity contribution is 5.94. The number of pyridine rings is 1. The van der Waals surface area contributed by atoms with E-state index in [4.69, 9.17) is 0 Å². The number of amides is 2. The van der Waals surface area contributed by atoms with Crippen molar-refractivity contribution in [3.63, 3.8) is 0 Å². The number of hydrogen-bond acceptors (Lipinski definition) is 3. The minimum atomic E-state index is -0.233. The number of aromatic nitrogens is 1. The van der Waals surface area contributed by atoms with Crippen molar-refractivity contribution in [3.8, 4) is 0 Å². The van der Waals surface area contributed by atoms with Gasteiger partial charge in [-0.1, -0.05) is 26.3 Å². The summed E-state index contributed by atoms with van der Waals surface area (Å²) in [7, 11) is 0. The maximum absolute atomic E-state index is 12.4. The molecule has 0 aromatic carbocycles. The van der Waals surface area contributed by atoms with Crippen LogP contribution in [-0.4, -0.2) is 52.8 Å². The molecule has 1 aromatic heterocycles. The molecule has 1 aromatic rings. The second-order valence-electron chi connectivity index (χ2n) is 7.14. The van der Waals surface area contributed by atoms with E-state index in [1.165, 1.54) is 18.3 Å². The maximum atomic E-state index is 12.4. The van der Waals surface area contributed by atoms with Crippen molar-refractivity contribution >= 4 is 11.8 Å². The number of piperazine rings is 1. The van der Waals surface area contributed by atoms with Gasteiger partial charge < -0.3 is 14.8 Å². The predicted molar refractivity (Wildman–Crippen MR) is 92.8 cm³/mol. The Morgan fingerprint density at radius 1 is 1.08 bits per heavy atom. The normalized spacial score (nSPS) is 16.2. The molecule has 0 spiro atoms. The second kappa shape index (κ2) is 7.03. The second-order valence-corrected chi connectivity index (χ2v) is 7.14. The summed E-state index contributed by atoms with van der Waals surface area (Å²) in [4.78, 5) is 41.8. The average molecular weight is 331 g/mol. The SMILES string of the molecule is CC(=CC(=O)N1CCN(C(=O)c2ccc(=O)[nH]c2)CC1)C(C)(C)C. The van der Waals surface area contributed by atoms with Gasteiger partial charge in [0, 0.05) is 44.5 Å². The first-order valence-electron chi connectivity index (χ1n) is 8.14. The minimum absolute atomic E-state index is 0.00133. The van der Waals surface area contributed by atoms with Gasteiger partial charge in [-0.2, -0.15) is 0 Å². The van der Waals surface area contributed by atoms with E-state index in [9.17, 15) is 14.4 Å². The van der Waals surface area contributed by atoms with Gasteiger partial charge in [0.05, 0.1) is 5.56 Å². The Bertz CT molecular complexity index is 684. The molecule has 2 heterocycles. The lowest BCUT2D eigenvalue weighted by Crippen LogP contribution is -2.50. The highest BCUT2D eigenvalue weighted by Crippen LogP contribution is 2.24. The van der Waals surface area contributed by atoms with E-state index in [0.29, 0.717) is 31.7 Å².